The van der Waals surface area contributed by atoms with Gasteiger partial charge in [0.1, 0.15) is 11.4 Å². The standard InChI is InChI=1S/C21H31NO3/c1-25-18-8-6-16(7-9-18)14-19-21(24)11-3-2-10-20(21,23)12-13-22(19)15-17-4-5-17/h6-9,17,19,23-24H,2-5,10-15H2,1H3. The highest BCUT2D eigenvalue weighted by atomic mass is 16.5. The first kappa shape index (κ1) is 17.3. The highest BCUT2D eigenvalue weighted by Crippen LogP contribution is 2.48. The van der Waals surface area contributed by atoms with E-state index in [1.54, 1.807) is 7.11 Å². The van der Waals surface area contributed by atoms with Crippen LogP contribution in [0.3, 0.4) is 0 Å². The van der Waals surface area contributed by atoms with Gasteiger partial charge in [-0.3, -0.25) is 4.90 Å². The normalized spacial score (nSPS) is 36.0. The predicted octanol–water partition coefficient (Wildman–Crippen LogP) is 2.76. The molecule has 2 aliphatic carbocycles. The molecule has 0 spiro atoms. The molecule has 3 atom stereocenters. The fraction of sp³-hybridized carbons (Fsp3) is 0.714. The molecule has 1 saturated heterocycles. The summed E-state index contributed by atoms with van der Waals surface area (Å²) in [6.07, 6.45) is 7.60. The second kappa shape index (κ2) is 6.57. The van der Waals surface area contributed by atoms with Gasteiger partial charge in [-0.15, -0.1) is 0 Å². The fourth-order valence-electron chi connectivity index (χ4n) is 5.00. The van der Waals surface area contributed by atoms with Crippen molar-refractivity contribution in [3.63, 3.8) is 0 Å². The van der Waals surface area contributed by atoms with E-state index in [1.807, 2.05) is 12.1 Å². The Morgan fingerprint density at radius 2 is 1.80 bits per heavy atom. The molecule has 0 aromatic heterocycles. The molecule has 0 radical (unpaired) electrons. The zero-order valence-corrected chi connectivity index (χ0v) is 15.3. The van der Waals surface area contributed by atoms with Gasteiger partial charge in [-0.2, -0.15) is 0 Å². The molecule has 2 saturated carbocycles. The maximum absolute atomic E-state index is 11.7. The topological polar surface area (TPSA) is 52.9 Å². The van der Waals surface area contributed by atoms with Gasteiger partial charge < -0.3 is 14.9 Å². The highest BCUT2D eigenvalue weighted by Gasteiger charge is 2.59. The average molecular weight is 345 g/mol. The van der Waals surface area contributed by atoms with Crippen LogP contribution in [0.25, 0.3) is 0 Å². The number of aliphatic hydroxyl groups is 2. The molecule has 138 valence electrons. The quantitative estimate of drug-likeness (QED) is 0.862. The fourth-order valence-corrected chi connectivity index (χ4v) is 5.00. The summed E-state index contributed by atoms with van der Waals surface area (Å²) >= 11 is 0. The maximum Gasteiger partial charge on any atom is 0.118 e. The first-order chi connectivity index (χ1) is 12.0. The lowest BCUT2D eigenvalue weighted by Gasteiger charge is -2.58. The highest BCUT2D eigenvalue weighted by molar-refractivity contribution is 5.29. The van der Waals surface area contributed by atoms with Crippen LogP contribution in [0.4, 0.5) is 0 Å². The van der Waals surface area contributed by atoms with Crippen LogP contribution in [-0.2, 0) is 6.42 Å². The van der Waals surface area contributed by atoms with E-state index in [0.717, 1.165) is 50.4 Å². The number of hydrogen-bond donors (Lipinski definition) is 2. The lowest BCUT2D eigenvalue weighted by atomic mass is 9.62. The molecule has 1 aliphatic heterocycles. The Morgan fingerprint density at radius 1 is 1.08 bits per heavy atom. The number of likely N-dealkylation sites (tertiary alicyclic amines) is 1. The molecule has 25 heavy (non-hydrogen) atoms. The molecule has 1 aromatic rings. The largest absolute Gasteiger partial charge is 0.497 e. The van der Waals surface area contributed by atoms with Crippen LogP contribution in [0.2, 0.25) is 0 Å². The first-order valence-electron chi connectivity index (χ1n) is 9.86. The Hall–Kier alpha value is -1.10. The molecule has 4 rings (SSSR count). The minimum Gasteiger partial charge on any atom is -0.497 e. The molecule has 4 nitrogen and oxygen atoms in total. The van der Waals surface area contributed by atoms with Crippen molar-refractivity contribution in [1.82, 2.24) is 4.90 Å². The van der Waals surface area contributed by atoms with Crippen LogP contribution < -0.4 is 4.74 Å². The number of piperidine rings is 1. The van der Waals surface area contributed by atoms with Gasteiger partial charge in [0.05, 0.1) is 12.7 Å². The molecule has 3 aliphatic rings. The van der Waals surface area contributed by atoms with Crippen LogP contribution in [0.1, 0.15) is 50.5 Å². The van der Waals surface area contributed by atoms with E-state index in [9.17, 15) is 10.2 Å². The summed E-state index contributed by atoms with van der Waals surface area (Å²) in [5, 5.41) is 22.9. The van der Waals surface area contributed by atoms with Crippen LogP contribution in [0.5, 0.6) is 5.75 Å². The van der Waals surface area contributed by atoms with Gasteiger partial charge in [-0.1, -0.05) is 25.0 Å². The van der Waals surface area contributed by atoms with Crippen molar-refractivity contribution < 1.29 is 14.9 Å². The van der Waals surface area contributed by atoms with E-state index in [1.165, 1.54) is 18.4 Å². The van der Waals surface area contributed by atoms with Crippen LogP contribution in [0, 0.1) is 5.92 Å². The molecule has 1 aromatic carbocycles. The molecule has 1 heterocycles. The SMILES string of the molecule is COc1ccc(CC2N(CC3CC3)CCC3(O)CCCCC23O)cc1. The summed E-state index contributed by atoms with van der Waals surface area (Å²) in [7, 11) is 1.68. The third-order valence-electron chi connectivity index (χ3n) is 6.79. The summed E-state index contributed by atoms with van der Waals surface area (Å²) in [5.41, 5.74) is -0.698. The van der Waals surface area contributed by atoms with Crippen molar-refractivity contribution in [1.29, 1.82) is 0 Å². The van der Waals surface area contributed by atoms with E-state index in [-0.39, 0.29) is 6.04 Å². The van der Waals surface area contributed by atoms with Gasteiger partial charge in [-0.05, 0) is 62.1 Å². The van der Waals surface area contributed by atoms with E-state index in [2.05, 4.69) is 17.0 Å². The molecular formula is C21H31NO3. The average Bonchev–Trinajstić information content (AvgIpc) is 3.43. The summed E-state index contributed by atoms with van der Waals surface area (Å²) < 4.78 is 5.26. The summed E-state index contributed by atoms with van der Waals surface area (Å²) in [5.74, 6) is 1.65. The number of rotatable bonds is 5. The molecule has 3 unspecified atom stereocenters. The first-order valence-corrected chi connectivity index (χ1v) is 9.86. The number of ether oxygens (including phenoxy) is 1. The van der Waals surface area contributed by atoms with Crippen LogP contribution >= 0.6 is 0 Å². The van der Waals surface area contributed by atoms with E-state index >= 15 is 0 Å². The van der Waals surface area contributed by atoms with E-state index in [4.69, 9.17) is 4.74 Å². The van der Waals surface area contributed by atoms with Crippen LogP contribution in [-0.4, -0.2) is 52.6 Å². The smallest absolute Gasteiger partial charge is 0.118 e. The van der Waals surface area contributed by atoms with Gasteiger partial charge in [0, 0.05) is 19.1 Å². The van der Waals surface area contributed by atoms with Crippen molar-refractivity contribution in [2.24, 2.45) is 5.92 Å². The molecule has 3 fully saturated rings. The van der Waals surface area contributed by atoms with Gasteiger partial charge in [-0.25, -0.2) is 0 Å². The van der Waals surface area contributed by atoms with E-state index < -0.39 is 11.2 Å². The van der Waals surface area contributed by atoms with Crippen molar-refractivity contribution in [3.8, 4) is 5.75 Å². The van der Waals surface area contributed by atoms with Crippen LogP contribution in [0.15, 0.2) is 24.3 Å². The van der Waals surface area contributed by atoms with Gasteiger partial charge in [0.15, 0.2) is 0 Å². The second-order valence-corrected chi connectivity index (χ2v) is 8.42. The van der Waals surface area contributed by atoms with Crippen molar-refractivity contribution in [2.75, 3.05) is 20.2 Å². The zero-order chi connectivity index (χ0) is 17.5. The van der Waals surface area contributed by atoms with Gasteiger partial charge in [0.2, 0.25) is 0 Å². The Balaban J connectivity index is 1.61. The molecule has 0 bridgehead atoms. The van der Waals surface area contributed by atoms with Gasteiger partial charge in [0.25, 0.3) is 0 Å². The molecule has 2 N–H and O–H groups in total. The zero-order valence-electron chi connectivity index (χ0n) is 15.3. The number of benzene rings is 1. The second-order valence-electron chi connectivity index (χ2n) is 8.42. The lowest BCUT2D eigenvalue weighted by molar-refractivity contribution is -0.235. The summed E-state index contributed by atoms with van der Waals surface area (Å²) in [6.45, 7) is 1.97. The molecular weight excluding hydrogens is 314 g/mol. The number of fused-ring (bicyclic) bond motifs is 1. The van der Waals surface area contributed by atoms with E-state index in [0.29, 0.717) is 12.8 Å². The maximum atomic E-state index is 11.7. The Bertz CT molecular complexity index is 600. The van der Waals surface area contributed by atoms with Gasteiger partial charge >= 0.3 is 0 Å². The summed E-state index contributed by atoms with van der Waals surface area (Å²) in [6, 6.07) is 8.16. The van der Waals surface area contributed by atoms with Crippen molar-refractivity contribution in [3.05, 3.63) is 29.8 Å². The number of methoxy groups -OCH3 is 1. The minimum atomic E-state index is -0.988. The van der Waals surface area contributed by atoms with Crippen molar-refractivity contribution >= 4 is 0 Å². The third kappa shape index (κ3) is 3.20. The minimum absolute atomic E-state index is 0.000505. The summed E-state index contributed by atoms with van der Waals surface area (Å²) in [4.78, 5) is 2.47. The lowest BCUT2D eigenvalue weighted by Crippen LogP contribution is -2.72. The number of nitrogens with zero attached hydrogens (tertiary/aromatic N) is 1. The number of hydrogen-bond acceptors (Lipinski definition) is 4. The predicted molar refractivity (Wildman–Crippen MR) is 97.8 cm³/mol. The third-order valence-corrected chi connectivity index (χ3v) is 6.79. The van der Waals surface area contributed by atoms with Crippen molar-refractivity contribution in [2.45, 2.75) is 68.6 Å². The Labute approximate surface area is 150 Å². The monoisotopic (exact) mass is 345 g/mol. The Kier molecular flexibility index (Phi) is 4.55. The Morgan fingerprint density at radius 3 is 2.48 bits per heavy atom. The molecule has 4 heteroatoms. The molecule has 0 amide bonds.